The highest BCUT2D eigenvalue weighted by Gasteiger charge is 2.35. The number of alkyl halides is 6. The van der Waals surface area contributed by atoms with E-state index >= 15 is 0 Å². The molecule has 1 heterocycles. The maximum Gasteiger partial charge on any atom is 0.418 e. The molecule has 1 aliphatic rings. The average Bonchev–Trinajstić information content (AvgIpc) is 2.78. The highest BCUT2D eigenvalue weighted by atomic mass is 19.4. The Morgan fingerprint density at radius 1 is 0.794 bits per heavy atom. The Balaban J connectivity index is 0.000000248. The van der Waals surface area contributed by atoms with E-state index in [0.29, 0.717) is 29.9 Å². The zero-order chi connectivity index (χ0) is 25.7. The molecule has 0 unspecified atom stereocenters. The molecule has 2 aromatic rings. The SMILES string of the molecule is CN(C)c1cc(CN)cc(C(F)(F)F)c1.CN1CCN(c2ccc(CN)cc2C(F)(F)F)CC1. The molecular formula is C23H31F6N5. The summed E-state index contributed by atoms with van der Waals surface area (Å²) in [6.45, 7) is 2.99. The van der Waals surface area contributed by atoms with Crippen LogP contribution in [0.4, 0.5) is 37.7 Å². The van der Waals surface area contributed by atoms with Crippen molar-refractivity contribution in [3.8, 4) is 0 Å². The summed E-state index contributed by atoms with van der Waals surface area (Å²) >= 11 is 0. The van der Waals surface area contributed by atoms with Gasteiger partial charge in [0.25, 0.3) is 0 Å². The molecule has 0 amide bonds. The molecule has 0 saturated carbocycles. The number of piperazine rings is 1. The highest BCUT2D eigenvalue weighted by molar-refractivity contribution is 5.57. The van der Waals surface area contributed by atoms with Crippen molar-refractivity contribution in [1.29, 1.82) is 0 Å². The first-order valence-corrected chi connectivity index (χ1v) is 10.7. The van der Waals surface area contributed by atoms with Gasteiger partial charge in [-0.3, -0.25) is 0 Å². The smallest absolute Gasteiger partial charge is 0.378 e. The van der Waals surface area contributed by atoms with Crippen LogP contribution in [0.15, 0.2) is 36.4 Å². The van der Waals surface area contributed by atoms with Gasteiger partial charge in [-0.05, 0) is 48.5 Å². The van der Waals surface area contributed by atoms with Crippen molar-refractivity contribution in [2.75, 3.05) is 57.1 Å². The molecule has 0 radical (unpaired) electrons. The molecule has 11 heteroatoms. The summed E-state index contributed by atoms with van der Waals surface area (Å²) < 4.78 is 76.8. The summed E-state index contributed by atoms with van der Waals surface area (Å²) in [7, 11) is 5.35. The van der Waals surface area contributed by atoms with Crippen molar-refractivity contribution < 1.29 is 26.3 Å². The van der Waals surface area contributed by atoms with Gasteiger partial charge in [-0.15, -0.1) is 0 Å². The fraction of sp³-hybridized carbons (Fsp3) is 0.478. The van der Waals surface area contributed by atoms with Crippen molar-refractivity contribution in [3.05, 3.63) is 58.7 Å². The van der Waals surface area contributed by atoms with Gasteiger partial charge in [0.2, 0.25) is 0 Å². The molecule has 5 nitrogen and oxygen atoms in total. The maximum absolute atomic E-state index is 13.1. The lowest BCUT2D eigenvalue weighted by molar-refractivity contribution is -0.138. The molecule has 2 aromatic carbocycles. The summed E-state index contributed by atoms with van der Waals surface area (Å²) in [5.74, 6) is 0. The van der Waals surface area contributed by atoms with Crippen LogP contribution in [0, 0.1) is 0 Å². The first-order valence-electron chi connectivity index (χ1n) is 10.7. The largest absolute Gasteiger partial charge is 0.418 e. The number of hydrogen-bond donors (Lipinski definition) is 2. The predicted octanol–water partition coefficient (Wildman–Crippen LogP) is 4.15. The first-order chi connectivity index (χ1) is 15.8. The number of benzene rings is 2. The van der Waals surface area contributed by atoms with E-state index in [9.17, 15) is 26.3 Å². The Morgan fingerprint density at radius 3 is 1.85 bits per heavy atom. The molecule has 1 fully saturated rings. The van der Waals surface area contributed by atoms with E-state index in [0.717, 1.165) is 31.3 Å². The minimum absolute atomic E-state index is 0.102. The van der Waals surface area contributed by atoms with E-state index in [2.05, 4.69) is 4.90 Å². The van der Waals surface area contributed by atoms with E-state index in [1.54, 1.807) is 36.0 Å². The van der Waals surface area contributed by atoms with Gasteiger partial charge in [0, 0.05) is 64.7 Å². The molecule has 1 saturated heterocycles. The van der Waals surface area contributed by atoms with E-state index in [1.165, 1.54) is 6.07 Å². The Hall–Kier alpha value is -2.50. The van der Waals surface area contributed by atoms with Gasteiger partial charge >= 0.3 is 12.4 Å². The quantitative estimate of drug-likeness (QED) is 0.630. The summed E-state index contributed by atoms with van der Waals surface area (Å²) in [6, 6.07) is 8.20. The molecule has 0 aromatic heterocycles. The zero-order valence-electron chi connectivity index (χ0n) is 19.5. The number of anilines is 2. The highest BCUT2D eigenvalue weighted by Crippen LogP contribution is 2.37. The van der Waals surface area contributed by atoms with E-state index < -0.39 is 23.5 Å². The number of hydrogen-bond acceptors (Lipinski definition) is 5. The average molecular weight is 492 g/mol. The van der Waals surface area contributed by atoms with Crippen molar-refractivity contribution in [2.45, 2.75) is 25.4 Å². The van der Waals surface area contributed by atoms with Gasteiger partial charge in [-0.2, -0.15) is 26.3 Å². The lowest BCUT2D eigenvalue weighted by Gasteiger charge is -2.35. The van der Waals surface area contributed by atoms with Crippen molar-refractivity contribution in [3.63, 3.8) is 0 Å². The van der Waals surface area contributed by atoms with Gasteiger partial charge in [0.1, 0.15) is 0 Å². The van der Waals surface area contributed by atoms with E-state index in [-0.39, 0.29) is 18.8 Å². The topological polar surface area (TPSA) is 61.8 Å². The summed E-state index contributed by atoms with van der Waals surface area (Å²) in [5, 5.41) is 0. The molecule has 190 valence electrons. The van der Waals surface area contributed by atoms with Crippen LogP contribution in [0.5, 0.6) is 0 Å². The fourth-order valence-electron chi connectivity index (χ4n) is 3.47. The number of likely N-dealkylation sites (N-methyl/N-ethyl adjacent to an activating group) is 1. The van der Waals surface area contributed by atoms with Crippen LogP contribution >= 0.6 is 0 Å². The van der Waals surface area contributed by atoms with Crippen LogP contribution in [0.25, 0.3) is 0 Å². The molecule has 0 atom stereocenters. The third-order valence-electron chi connectivity index (χ3n) is 5.50. The Morgan fingerprint density at radius 2 is 1.38 bits per heavy atom. The van der Waals surface area contributed by atoms with Gasteiger partial charge in [-0.25, -0.2) is 0 Å². The second-order valence-electron chi connectivity index (χ2n) is 8.33. The number of nitrogens with two attached hydrogens (primary N) is 2. The fourth-order valence-corrected chi connectivity index (χ4v) is 3.47. The molecule has 3 rings (SSSR count). The van der Waals surface area contributed by atoms with Crippen LogP contribution in [-0.2, 0) is 25.4 Å². The zero-order valence-corrected chi connectivity index (χ0v) is 19.5. The third kappa shape index (κ3) is 7.51. The van der Waals surface area contributed by atoms with Gasteiger partial charge in [-0.1, -0.05) is 6.07 Å². The Labute approximate surface area is 195 Å². The van der Waals surface area contributed by atoms with Crippen LogP contribution < -0.4 is 21.3 Å². The van der Waals surface area contributed by atoms with Crippen molar-refractivity contribution in [2.24, 2.45) is 11.5 Å². The second kappa shape index (κ2) is 11.3. The molecule has 0 aliphatic carbocycles. The standard InChI is InChI=1S/C13H18F3N3.C10H13F3N2/c1-18-4-6-19(7-5-18)12-3-2-10(9-17)8-11(12)13(14,15)16;1-15(2)9-4-7(6-14)3-8(5-9)10(11,12)13/h2-3,8H,4-7,9,17H2,1H3;3-5H,6,14H2,1-2H3. The molecular weight excluding hydrogens is 460 g/mol. The van der Waals surface area contributed by atoms with Gasteiger partial charge in [0.15, 0.2) is 0 Å². The summed E-state index contributed by atoms with van der Waals surface area (Å²) in [5.41, 5.74) is 11.3. The lowest BCUT2D eigenvalue weighted by atomic mass is 10.1. The maximum atomic E-state index is 13.1. The summed E-state index contributed by atoms with van der Waals surface area (Å²) in [6.07, 6.45) is -8.67. The van der Waals surface area contributed by atoms with Crippen LogP contribution in [-0.4, -0.2) is 52.2 Å². The number of halogens is 6. The molecule has 34 heavy (non-hydrogen) atoms. The number of nitrogens with zero attached hydrogens (tertiary/aromatic N) is 3. The molecule has 0 spiro atoms. The van der Waals surface area contributed by atoms with E-state index in [4.69, 9.17) is 11.5 Å². The Bertz CT molecular complexity index is 934. The van der Waals surface area contributed by atoms with Crippen LogP contribution in [0.3, 0.4) is 0 Å². The van der Waals surface area contributed by atoms with Crippen molar-refractivity contribution in [1.82, 2.24) is 4.90 Å². The second-order valence-corrected chi connectivity index (χ2v) is 8.33. The lowest BCUT2D eigenvalue weighted by Crippen LogP contribution is -2.45. The molecule has 0 bridgehead atoms. The Kier molecular flexibility index (Phi) is 9.21. The minimum atomic E-state index is -4.34. The number of rotatable bonds is 4. The molecule has 4 N–H and O–H groups in total. The monoisotopic (exact) mass is 491 g/mol. The summed E-state index contributed by atoms with van der Waals surface area (Å²) in [4.78, 5) is 5.52. The predicted molar refractivity (Wildman–Crippen MR) is 123 cm³/mol. The van der Waals surface area contributed by atoms with Gasteiger partial charge in [0.05, 0.1) is 11.1 Å². The third-order valence-corrected chi connectivity index (χ3v) is 5.50. The van der Waals surface area contributed by atoms with Crippen LogP contribution in [0.1, 0.15) is 22.3 Å². The normalized spacial score (nSPS) is 15.1. The molecule has 1 aliphatic heterocycles. The van der Waals surface area contributed by atoms with E-state index in [1.807, 2.05) is 7.05 Å². The van der Waals surface area contributed by atoms with Gasteiger partial charge < -0.3 is 26.2 Å². The minimum Gasteiger partial charge on any atom is -0.378 e. The van der Waals surface area contributed by atoms with Crippen LogP contribution in [0.2, 0.25) is 0 Å². The van der Waals surface area contributed by atoms with Crippen molar-refractivity contribution >= 4 is 11.4 Å². The first kappa shape index (κ1) is 27.7.